The molecule has 0 saturated carbocycles. The van der Waals surface area contributed by atoms with E-state index < -0.39 is 11.7 Å². The van der Waals surface area contributed by atoms with Gasteiger partial charge in [0.15, 0.2) is 0 Å². The topological polar surface area (TPSA) is 114 Å². The van der Waals surface area contributed by atoms with E-state index in [-0.39, 0.29) is 36.7 Å². The molecule has 1 aliphatic heterocycles. The number of alkyl halides is 3. The molecule has 1 fully saturated rings. The van der Waals surface area contributed by atoms with Crippen LogP contribution >= 0.6 is 0 Å². The Balaban J connectivity index is 1.22. The number of nitrogens with one attached hydrogen (secondary N) is 1. The van der Waals surface area contributed by atoms with E-state index in [0.717, 1.165) is 12.4 Å². The van der Waals surface area contributed by atoms with Crippen LogP contribution in [0.15, 0.2) is 41.6 Å². The van der Waals surface area contributed by atoms with Crippen molar-refractivity contribution in [2.24, 2.45) is 0 Å². The van der Waals surface area contributed by atoms with Crippen molar-refractivity contribution < 1.29 is 27.4 Å². The van der Waals surface area contributed by atoms with E-state index in [1.165, 1.54) is 6.20 Å². The van der Waals surface area contributed by atoms with Gasteiger partial charge in [0.05, 0.1) is 23.8 Å². The van der Waals surface area contributed by atoms with Crippen molar-refractivity contribution in [2.75, 3.05) is 44.3 Å². The fraction of sp³-hybridized carbons (Fsp3) is 0.409. The minimum atomic E-state index is -4.49. The van der Waals surface area contributed by atoms with Crippen LogP contribution in [0.4, 0.5) is 19.1 Å². The average molecular weight is 492 g/mol. The van der Waals surface area contributed by atoms with Gasteiger partial charge in [-0.3, -0.25) is 9.59 Å². The molecule has 1 saturated heterocycles. The molecule has 3 aromatic rings. The first kappa shape index (κ1) is 24.4. The molecule has 2 aromatic heterocycles. The number of nitrogens with zero attached hydrogens (tertiary/aromatic N) is 5. The van der Waals surface area contributed by atoms with Gasteiger partial charge in [-0.25, -0.2) is 15.1 Å². The summed E-state index contributed by atoms with van der Waals surface area (Å²) in [5.41, 5.74) is -1.22. The van der Waals surface area contributed by atoms with Crippen LogP contribution in [0, 0.1) is 0 Å². The summed E-state index contributed by atoms with van der Waals surface area (Å²) >= 11 is 0. The number of benzene rings is 1. The molecule has 4 rings (SSSR count). The van der Waals surface area contributed by atoms with E-state index in [1.54, 1.807) is 34.9 Å². The standard InChI is InChI=1S/C22H23F3N6O4/c1-14(35-18-4-2-3-16-17(18)11-28-29-20(16)33)12-34-13-19(32)30-5-7-31(8-6-30)21-26-9-15(10-27-21)22(23,24)25/h2-4,9-11,14H,5-8,12-13H2,1H3,(H,29,33). The zero-order valence-corrected chi connectivity index (χ0v) is 18.8. The van der Waals surface area contributed by atoms with Gasteiger partial charge >= 0.3 is 6.18 Å². The Kier molecular flexibility index (Phi) is 7.15. The van der Waals surface area contributed by atoms with E-state index in [2.05, 4.69) is 20.2 Å². The van der Waals surface area contributed by atoms with Crippen LogP contribution in [0.1, 0.15) is 12.5 Å². The molecule has 1 aliphatic rings. The number of hydrogen-bond acceptors (Lipinski definition) is 8. The summed E-state index contributed by atoms with van der Waals surface area (Å²) in [6.45, 7) is 3.33. The molecule has 3 heterocycles. The number of halogens is 3. The second-order valence-electron chi connectivity index (χ2n) is 8.00. The summed E-state index contributed by atoms with van der Waals surface area (Å²) in [6.07, 6.45) is -1.86. The van der Waals surface area contributed by atoms with Gasteiger partial charge in [0.25, 0.3) is 5.56 Å². The Morgan fingerprint density at radius 2 is 1.83 bits per heavy atom. The molecule has 1 amide bonds. The number of fused-ring (bicyclic) bond motifs is 1. The highest BCUT2D eigenvalue weighted by Gasteiger charge is 2.32. The first-order chi connectivity index (χ1) is 16.7. The zero-order valence-electron chi connectivity index (χ0n) is 18.8. The van der Waals surface area contributed by atoms with Gasteiger partial charge in [0, 0.05) is 44.0 Å². The van der Waals surface area contributed by atoms with E-state index in [4.69, 9.17) is 9.47 Å². The van der Waals surface area contributed by atoms with Crippen LogP contribution in [0.3, 0.4) is 0 Å². The van der Waals surface area contributed by atoms with Crippen LogP contribution in [-0.2, 0) is 15.7 Å². The first-order valence-electron chi connectivity index (χ1n) is 10.8. The lowest BCUT2D eigenvalue weighted by Gasteiger charge is -2.34. The normalized spacial score (nSPS) is 15.3. The molecule has 186 valence electrons. The lowest BCUT2D eigenvalue weighted by molar-refractivity contribution is -0.138. The Morgan fingerprint density at radius 1 is 1.11 bits per heavy atom. The molecule has 0 spiro atoms. The van der Waals surface area contributed by atoms with Crippen molar-refractivity contribution in [3.8, 4) is 5.75 Å². The minimum Gasteiger partial charge on any atom is -0.488 e. The van der Waals surface area contributed by atoms with Crippen molar-refractivity contribution in [1.82, 2.24) is 25.1 Å². The summed E-state index contributed by atoms with van der Waals surface area (Å²) in [4.78, 5) is 35.3. The Hall–Kier alpha value is -3.74. The average Bonchev–Trinajstić information content (AvgIpc) is 2.84. The molecule has 1 atom stereocenters. The number of amides is 1. The summed E-state index contributed by atoms with van der Waals surface area (Å²) in [7, 11) is 0. The highest BCUT2D eigenvalue weighted by molar-refractivity contribution is 5.86. The molecule has 1 unspecified atom stereocenters. The number of rotatable bonds is 7. The molecule has 1 N–H and O–H groups in total. The second-order valence-corrected chi connectivity index (χ2v) is 8.00. The summed E-state index contributed by atoms with van der Waals surface area (Å²) in [6, 6.07) is 5.11. The lowest BCUT2D eigenvalue weighted by Crippen LogP contribution is -2.50. The fourth-order valence-electron chi connectivity index (χ4n) is 3.63. The van der Waals surface area contributed by atoms with Crippen molar-refractivity contribution in [1.29, 1.82) is 0 Å². The van der Waals surface area contributed by atoms with Crippen molar-refractivity contribution in [3.63, 3.8) is 0 Å². The van der Waals surface area contributed by atoms with E-state index in [1.807, 2.05) is 0 Å². The number of aromatic nitrogens is 4. The molecular weight excluding hydrogens is 469 g/mol. The molecular formula is C22H23F3N6O4. The Bertz CT molecular complexity index is 1230. The van der Waals surface area contributed by atoms with Gasteiger partial charge in [-0.15, -0.1) is 0 Å². The van der Waals surface area contributed by atoms with Gasteiger partial charge in [-0.2, -0.15) is 18.3 Å². The highest BCUT2D eigenvalue weighted by atomic mass is 19.4. The van der Waals surface area contributed by atoms with Crippen LogP contribution in [0.5, 0.6) is 5.75 Å². The second kappa shape index (κ2) is 10.3. The number of anilines is 1. The smallest absolute Gasteiger partial charge is 0.419 e. The molecule has 10 nitrogen and oxygen atoms in total. The third kappa shape index (κ3) is 5.85. The number of carbonyl (C=O) groups excluding carboxylic acids is 1. The number of H-pyrrole nitrogens is 1. The lowest BCUT2D eigenvalue weighted by atomic mass is 10.2. The van der Waals surface area contributed by atoms with Crippen molar-refractivity contribution >= 4 is 22.6 Å². The number of hydrogen-bond donors (Lipinski definition) is 1. The number of ether oxygens (including phenoxy) is 2. The van der Waals surface area contributed by atoms with E-state index in [0.29, 0.717) is 42.7 Å². The SMILES string of the molecule is CC(COCC(=O)N1CCN(c2ncc(C(F)(F)F)cn2)CC1)Oc1cccc2c(=O)[nH]ncc12. The largest absolute Gasteiger partial charge is 0.488 e. The quantitative estimate of drug-likeness (QED) is 0.532. The Morgan fingerprint density at radius 3 is 2.51 bits per heavy atom. The fourth-order valence-corrected chi connectivity index (χ4v) is 3.63. The maximum atomic E-state index is 12.7. The van der Waals surface area contributed by atoms with Gasteiger partial charge in [-0.05, 0) is 19.1 Å². The first-order valence-corrected chi connectivity index (χ1v) is 10.8. The van der Waals surface area contributed by atoms with E-state index in [9.17, 15) is 22.8 Å². The van der Waals surface area contributed by atoms with Crippen molar-refractivity contribution in [3.05, 3.63) is 52.7 Å². The van der Waals surface area contributed by atoms with Gasteiger partial charge in [0.2, 0.25) is 11.9 Å². The van der Waals surface area contributed by atoms with Crippen LogP contribution in [-0.4, -0.2) is 76.5 Å². The van der Waals surface area contributed by atoms with Crippen LogP contribution in [0.25, 0.3) is 10.8 Å². The number of carbonyl (C=O) groups is 1. The molecule has 0 aliphatic carbocycles. The monoisotopic (exact) mass is 492 g/mol. The predicted octanol–water partition coefficient (Wildman–Crippen LogP) is 1.86. The molecule has 0 bridgehead atoms. The zero-order chi connectivity index (χ0) is 25.0. The minimum absolute atomic E-state index is 0.138. The summed E-state index contributed by atoms with van der Waals surface area (Å²) in [5.74, 6) is 0.481. The maximum absolute atomic E-state index is 12.7. The van der Waals surface area contributed by atoms with Crippen LogP contribution in [0.2, 0.25) is 0 Å². The predicted molar refractivity (Wildman–Crippen MR) is 119 cm³/mol. The Labute approximate surface area is 197 Å². The third-order valence-electron chi connectivity index (χ3n) is 5.46. The van der Waals surface area contributed by atoms with Gasteiger partial charge in [0.1, 0.15) is 18.5 Å². The third-order valence-corrected chi connectivity index (χ3v) is 5.46. The van der Waals surface area contributed by atoms with E-state index >= 15 is 0 Å². The van der Waals surface area contributed by atoms with Gasteiger partial charge in [-0.1, -0.05) is 6.07 Å². The van der Waals surface area contributed by atoms with Gasteiger partial charge < -0.3 is 19.3 Å². The molecule has 0 radical (unpaired) electrons. The molecule has 13 heteroatoms. The number of aromatic amines is 1. The van der Waals surface area contributed by atoms with Crippen LogP contribution < -0.4 is 15.2 Å². The molecule has 35 heavy (non-hydrogen) atoms. The maximum Gasteiger partial charge on any atom is 0.419 e. The highest BCUT2D eigenvalue weighted by Crippen LogP contribution is 2.28. The molecule has 1 aromatic carbocycles. The number of piperazine rings is 1. The summed E-state index contributed by atoms with van der Waals surface area (Å²) in [5, 5.41) is 7.21. The summed E-state index contributed by atoms with van der Waals surface area (Å²) < 4.78 is 49.4. The van der Waals surface area contributed by atoms with Crippen molar-refractivity contribution in [2.45, 2.75) is 19.2 Å².